The molecule has 1 aromatic carbocycles. The summed E-state index contributed by atoms with van der Waals surface area (Å²) in [6.07, 6.45) is 5.64. The van der Waals surface area contributed by atoms with Crippen molar-refractivity contribution in [2.24, 2.45) is 0 Å². The van der Waals surface area contributed by atoms with Gasteiger partial charge in [0.25, 0.3) is 0 Å². The standard InChI is InChI=1S/C13H9FO/c1-2-3-12-8-9-13(15-12)10-4-6-11(14)7-5-10/h1,4-9H,3H2. The van der Waals surface area contributed by atoms with E-state index in [1.807, 2.05) is 12.1 Å². The van der Waals surface area contributed by atoms with Gasteiger partial charge in [0, 0.05) is 5.56 Å². The van der Waals surface area contributed by atoms with Gasteiger partial charge < -0.3 is 4.42 Å². The predicted molar refractivity (Wildman–Crippen MR) is 56.6 cm³/mol. The van der Waals surface area contributed by atoms with Gasteiger partial charge >= 0.3 is 0 Å². The van der Waals surface area contributed by atoms with Crippen LogP contribution in [0.1, 0.15) is 5.76 Å². The molecule has 2 heteroatoms. The maximum absolute atomic E-state index is 12.7. The summed E-state index contributed by atoms with van der Waals surface area (Å²) in [5, 5.41) is 0. The minimum Gasteiger partial charge on any atom is -0.460 e. The van der Waals surface area contributed by atoms with E-state index in [9.17, 15) is 4.39 Å². The Balaban J connectivity index is 2.30. The molecule has 2 rings (SSSR count). The van der Waals surface area contributed by atoms with Gasteiger partial charge in [0.1, 0.15) is 17.3 Å². The van der Waals surface area contributed by atoms with Gasteiger partial charge in [-0.05, 0) is 36.4 Å². The van der Waals surface area contributed by atoms with Crippen molar-refractivity contribution in [3.63, 3.8) is 0 Å². The van der Waals surface area contributed by atoms with E-state index >= 15 is 0 Å². The molecule has 0 fully saturated rings. The van der Waals surface area contributed by atoms with Crippen molar-refractivity contribution in [3.8, 4) is 23.7 Å². The minimum absolute atomic E-state index is 0.255. The lowest BCUT2D eigenvalue weighted by Gasteiger charge is -1.95. The normalized spacial score (nSPS) is 9.87. The Bertz CT molecular complexity index is 488. The summed E-state index contributed by atoms with van der Waals surface area (Å²) in [7, 11) is 0. The van der Waals surface area contributed by atoms with E-state index in [4.69, 9.17) is 10.8 Å². The lowest BCUT2D eigenvalue weighted by molar-refractivity contribution is 0.538. The highest BCUT2D eigenvalue weighted by Gasteiger charge is 2.03. The quantitative estimate of drug-likeness (QED) is 0.678. The molecular weight excluding hydrogens is 191 g/mol. The molecule has 2 aromatic rings. The first-order valence-corrected chi connectivity index (χ1v) is 4.58. The Morgan fingerprint density at radius 2 is 1.87 bits per heavy atom. The summed E-state index contributed by atoms with van der Waals surface area (Å²) in [5.74, 6) is 3.70. The van der Waals surface area contributed by atoms with Crippen LogP contribution < -0.4 is 0 Å². The Morgan fingerprint density at radius 3 is 2.53 bits per heavy atom. The third-order valence-corrected chi connectivity index (χ3v) is 2.07. The second-order valence-electron chi connectivity index (χ2n) is 3.15. The van der Waals surface area contributed by atoms with Crippen LogP contribution in [0.15, 0.2) is 40.8 Å². The predicted octanol–water partition coefficient (Wildman–Crippen LogP) is 3.26. The fourth-order valence-electron chi connectivity index (χ4n) is 1.34. The average Bonchev–Trinajstić information content (AvgIpc) is 2.68. The monoisotopic (exact) mass is 200 g/mol. The molecule has 74 valence electrons. The van der Waals surface area contributed by atoms with Crippen LogP contribution in [0.5, 0.6) is 0 Å². The number of benzene rings is 1. The summed E-state index contributed by atoms with van der Waals surface area (Å²) in [5.41, 5.74) is 0.847. The molecule has 0 N–H and O–H groups in total. The maximum atomic E-state index is 12.7. The fraction of sp³-hybridized carbons (Fsp3) is 0.0769. The molecule has 0 spiro atoms. The van der Waals surface area contributed by atoms with Crippen molar-refractivity contribution < 1.29 is 8.81 Å². The van der Waals surface area contributed by atoms with Crippen LogP contribution in [0.3, 0.4) is 0 Å². The van der Waals surface area contributed by atoms with Crippen molar-refractivity contribution in [3.05, 3.63) is 48.0 Å². The number of hydrogen-bond donors (Lipinski definition) is 0. The van der Waals surface area contributed by atoms with Crippen molar-refractivity contribution in [2.45, 2.75) is 6.42 Å². The van der Waals surface area contributed by atoms with Crippen LogP contribution in [0.2, 0.25) is 0 Å². The van der Waals surface area contributed by atoms with Gasteiger partial charge in [0.05, 0.1) is 6.42 Å². The topological polar surface area (TPSA) is 13.1 Å². The van der Waals surface area contributed by atoms with Crippen molar-refractivity contribution >= 4 is 0 Å². The first-order chi connectivity index (χ1) is 7.29. The molecule has 0 bridgehead atoms. The zero-order chi connectivity index (χ0) is 10.7. The third-order valence-electron chi connectivity index (χ3n) is 2.07. The SMILES string of the molecule is C#CCc1ccc(-c2ccc(F)cc2)o1. The summed E-state index contributed by atoms with van der Waals surface area (Å²) < 4.78 is 18.2. The molecule has 0 unspecified atom stereocenters. The Labute approximate surface area is 87.5 Å². The number of rotatable bonds is 2. The van der Waals surface area contributed by atoms with Crippen LogP contribution in [-0.4, -0.2) is 0 Å². The summed E-state index contributed by atoms with van der Waals surface area (Å²) >= 11 is 0. The summed E-state index contributed by atoms with van der Waals surface area (Å²) in [6, 6.07) is 9.82. The molecule has 0 aliphatic heterocycles. The van der Waals surface area contributed by atoms with Crippen LogP contribution in [0.4, 0.5) is 4.39 Å². The molecule has 0 saturated heterocycles. The molecular formula is C13H9FO. The van der Waals surface area contributed by atoms with E-state index in [0.29, 0.717) is 12.2 Å². The van der Waals surface area contributed by atoms with Crippen LogP contribution >= 0.6 is 0 Å². The molecule has 0 aliphatic carbocycles. The Hall–Kier alpha value is -2.01. The third kappa shape index (κ3) is 2.08. The van der Waals surface area contributed by atoms with E-state index < -0.39 is 0 Å². The molecule has 1 nitrogen and oxygen atoms in total. The lowest BCUT2D eigenvalue weighted by atomic mass is 10.2. The van der Waals surface area contributed by atoms with Gasteiger partial charge in [-0.25, -0.2) is 4.39 Å². The fourth-order valence-corrected chi connectivity index (χ4v) is 1.34. The van der Waals surface area contributed by atoms with Crippen molar-refractivity contribution in [2.75, 3.05) is 0 Å². The molecule has 0 aliphatic rings. The Morgan fingerprint density at radius 1 is 1.13 bits per heavy atom. The van der Waals surface area contributed by atoms with Crippen LogP contribution in [-0.2, 0) is 6.42 Å². The van der Waals surface area contributed by atoms with E-state index in [1.54, 1.807) is 12.1 Å². The maximum Gasteiger partial charge on any atom is 0.134 e. The van der Waals surface area contributed by atoms with Crippen LogP contribution in [0, 0.1) is 18.2 Å². The van der Waals surface area contributed by atoms with E-state index in [-0.39, 0.29) is 5.82 Å². The van der Waals surface area contributed by atoms with E-state index in [1.165, 1.54) is 12.1 Å². The molecule has 0 saturated carbocycles. The highest BCUT2D eigenvalue weighted by Crippen LogP contribution is 2.22. The second-order valence-corrected chi connectivity index (χ2v) is 3.15. The van der Waals surface area contributed by atoms with Gasteiger partial charge in [-0.3, -0.25) is 0 Å². The zero-order valence-electron chi connectivity index (χ0n) is 8.03. The molecule has 15 heavy (non-hydrogen) atoms. The molecule has 0 amide bonds. The lowest BCUT2D eigenvalue weighted by Crippen LogP contribution is -1.76. The minimum atomic E-state index is -0.255. The first-order valence-electron chi connectivity index (χ1n) is 4.58. The first kappa shape index (κ1) is 9.54. The molecule has 0 radical (unpaired) electrons. The largest absolute Gasteiger partial charge is 0.460 e. The highest BCUT2D eigenvalue weighted by molar-refractivity contribution is 5.57. The number of hydrogen-bond acceptors (Lipinski definition) is 1. The highest BCUT2D eigenvalue weighted by atomic mass is 19.1. The van der Waals surface area contributed by atoms with Gasteiger partial charge in [-0.2, -0.15) is 0 Å². The van der Waals surface area contributed by atoms with Gasteiger partial charge in [-0.15, -0.1) is 6.42 Å². The second kappa shape index (κ2) is 4.02. The van der Waals surface area contributed by atoms with Crippen LogP contribution in [0.25, 0.3) is 11.3 Å². The smallest absolute Gasteiger partial charge is 0.134 e. The summed E-state index contributed by atoms with van der Waals surface area (Å²) in [6.45, 7) is 0. The van der Waals surface area contributed by atoms with Crippen molar-refractivity contribution in [1.29, 1.82) is 0 Å². The van der Waals surface area contributed by atoms with E-state index in [2.05, 4.69) is 5.92 Å². The zero-order valence-corrected chi connectivity index (χ0v) is 8.03. The van der Waals surface area contributed by atoms with E-state index in [0.717, 1.165) is 11.3 Å². The average molecular weight is 200 g/mol. The van der Waals surface area contributed by atoms with Crippen molar-refractivity contribution in [1.82, 2.24) is 0 Å². The number of terminal acetylenes is 1. The summed E-state index contributed by atoms with van der Waals surface area (Å²) in [4.78, 5) is 0. The molecule has 1 aromatic heterocycles. The van der Waals surface area contributed by atoms with Gasteiger partial charge in [0.2, 0.25) is 0 Å². The molecule has 0 atom stereocenters. The number of halogens is 1. The van der Waals surface area contributed by atoms with Gasteiger partial charge in [0.15, 0.2) is 0 Å². The Kier molecular flexibility index (Phi) is 2.55. The molecule has 1 heterocycles. The van der Waals surface area contributed by atoms with Gasteiger partial charge in [-0.1, -0.05) is 5.92 Å². The number of furan rings is 1.